The van der Waals surface area contributed by atoms with Gasteiger partial charge in [0, 0.05) is 37.8 Å². The van der Waals surface area contributed by atoms with Crippen LogP contribution < -0.4 is 0 Å². The first-order chi connectivity index (χ1) is 11.2. The van der Waals surface area contributed by atoms with Crippen molar-refractivity contribution in [2.45, 2.75) is 19.0 Å². The van der Waals surface area contributed by atoms with Crippen molar-refractivity contribution < 1.29 is 9.18 Å². The summed E-state index contributed by atoms with van der Waals surface area (Å²) in [6.45, 7) is 3.55. The van der Waals surface area contributed by atoms with Gasteiger partial charge in [-0.25, -0.2) is 4.39 Å². The molecule has 2 aromatic carbocycles. The standard InChI is InChI=1S/C19H19FN2O/c20-17-7-5-15(6-8-17)19(23)22-12-18(13-22)21-10-9-14-3-1-2-4-16(14)11-21/h1-8,18H,9-13H2. The predicted octanol–water partition coefficient (Wildman–Crippen LogP) is 2.71. The normalized spacial score (nSPS) is 18.4. The number of nitrogens with zero attached hydrogens (tertiary/aromatic N) is 2. The highest BCUT2D eigenvalue weighted by atomic mass is 19.1. The predicted molar refractivity (Wildman–Crippen MR) is 86.6 cm³/mol. The van der Waals surface area contributed by atoms with Crippen molar-refractivity contribution in [3.63, 3.8) is 0 Å². The van der Waals surface area contributed by atoms with E-state index in [-0.39, 0.29) is 11.7 Å². The van der Waals surface area contributed by atoms with Crippen LogP contribution in [-0.4, -0.2) is 41.4 Å². The minimum absolute atomic E-state index is 0.00124. The van der Waals surface area contributed by atoms with Crippen LogP contribution in [0.25, 0.3) is 0 Å². The van der Waals surface area contributed by atoms with E-state index in [1.165, 1.54) is 23.3 Å². The van der Waals surface area contributed by atoms with E-state index < -0.39 is 0 Å². The Kier molecular flexibility index (Phi) is 3.62. The van der Waals surface area contributed by atoms with Crippen LogP contribution in [0.1, 0.15) is 21.5 Å². The van der Waals surface area contributed by atoms with E-state index in [1.54, 1.807) is 12.1 Å². The molecule has 2 aliphatic rings. The monoisotopic (exact) mass is 310 g/mol. The Morgan fingerprint density at radius 3 is 2.43 bits per heavy atom. The van der Waals surface area contributed by atoms with E-state index in [0.717, 1.165) is 32.6 Å². The summed E-state index contributed by atoms with van der Waals surface area (Å²) in [5, 5.41) is 0. The van der Waals surface area contributed by atoms with Crippen molar-refractivity contribution >= 4 is 5.91 Å². The molecule has 0 N–H and O–H groups in total. The second-order valence-corrected chi connectivity index (χ2v) is 6.36. The molecule has 1 fully saturated rings. The Balaban J connectivity index is 1.37. The van der Waals surface area contributed by atoms with Crippen LogP contribution in [0, 0.1) is 5.82 Å². The summed E-state index contributed by atoms with van der Waals surface area (Å²) in [7, 11) is 0. The molecule has 2 heterocycles. The molecule has 0 saturated carbocycles. The first kappa shape index (κ1) is 14.4. The molecule has 4 rings (SSSR count). The lowest BCUT2D eigenvalue weighted by Gasteiger charge is -2.47. The number of hydrogen-bond donors (Lipinski definition) is 0. The van der Waals surface area contributed by atoms with E-state index in [1.807, 2.05) is 4.90 Å². The van der Waals surface area contributed by atoms with Gasteiger partial charge in [0.1, 0.15) is 5.82 Å². The third-order valence-corrected chi connectivity index (χ3v) is 4.92. The van der Waals surface area contributed by atoms with E-state index >= 15 is 0 Å². The summed E-state index contributed by atoms with van der Waals surface area (Å²) in [6.07, 6.45) is 1.08. The second kappa shape index (κ2) is 5.78. The van der Waals surface area contributed by atoms with Crippen molar-refractivity contribution in [2.24, 2.45) is 0 Å². The van der Waals surface area contributed by atoms with Crippen molar-refractivity contribution in [3.05, 3.63) is 71.0 Å². The van der Waals surface area contributed by atoms with Gasteiger partial charge in [-0.3, -0.25) is 9.69 Å². The summed E-state index contributed by atoms with van der Waals surface area (Å²) in [6, 6.07) is 14.8. The summed E-state index contributed by atoms with van der Waals surface area (Å²) < 4.78 is 12.9. The maximum Gasteiger partial charge on any atom is 0.253 e. The summed E-state index contributed by atoms with van der Waals surface area (Å²) in [5.74, 6) is -0.311. The van der Waals surface area contributed by atoms with Gasteiger partial charge in [-0.2, -0.15) is 0 Å². The van der Waals surface area contributed by atoms with Crippen molar-refractivity contribution in [1.82, 2.24) is 9.80 Å². The first-order valence-corrected chi connectivity index (χ1v) is 8.06. The molecule has 0 aliphatic carbocycles. The number of likely N-dealkylation sites (tertiary alicyclic amines) is 1. The molecule has 0 bridgehead atoms. The zero-order valence-corrected chi connectivity index (χ0v) is 12.9. The molecule has 0 spiro atoms. The fourth-order valence-electron chi connectivity index (χ4n) is 3.46. The van der Waals surface area contributed by atoms with Crippen molar-refractivity contribution in [3.8, 4) is 0 Å². The zero-order valence-electron chi connectivity index (χ0n) is 12.9. The van der Waals surface area contributed by atoms with Crippen LogP contribution in [0.3, 0.4) is 0 Å². The number of benzene rings is 2. The highest BCUT2D eigenvalue weighted by Gasteiger charge is 2.36. The number of halogens is 1. The molecule has 1 amide bonds. The van der Waals surface area contributed by atoms with Crippen LogP contribution in [0.15, 0.2) is 48.5 Å². The highest BCUT2D eigenvalue weighted by Crippen LogP contribution is 2.25. The fourth-order valence-corrected chi connectivity index (χ4v) is 3.46. The van der Waals surface area contributed by atoms with Gasteiger partial charge in [-0.15, -0.1) is 0 Å². The lowest BCUT2D eigenvalue weighted by molar-refractivity contribution is 0.0218. The van der Waals surface area contributed by atoms with E-state index in [4.69, 9.17) is 0 Å². The Hall–Kier alpha value is -2.20. The summed E-state index contributed by atoms with van der Waals surface area (Å²) in [4.78, 5) is 16.7. The van der Waals surface area contributed by atoms with Crippen LogP contribution in [0.4, 0.5) is 4.39 Å². The molecule has 1 saturated heterocycles. The third-order valence-electron chi connectivity index (χ3n) is 4.92. The van der Waals surface area contributed by atoms with Gasteiger partial charge in [0.15, 0.2) is 0 Å². The molecule has 0 aromatic heterocycles. The van der Waals surface area contributed by atoms with Gasteiger partial charge in [-0.05, 0) is 41.8 Å². The molecular weight excluding hydrogens is 291 g/mol. The average Bonchev–Trinajstić information content (AvgIpc) is 2.54. The fraction of sp³-hybridized carbons (Fsp3) is 0.316. The van der Waals surface area contributed by atoms with Crippen LogP contribution >= 0.6 is 0 Å². The van der Waals surface area contributed by atoms with Gasteiger partial charge < -0.3 is 4.90 Å². The van der Waals surface area contributed by atoms with Gasteiger partial charge in [-0.1, -0.05) is 24.3 Å². The van der Waals surface area contributed by atoms with Gasteiger partial charge in [0.05, 0.1) is 0 Å². The lowest BCUT2D eigenvalue weighted by Crippen LogP contribution is -2.61. The maximum absolute atomic E-state index is 12.9. The largest absolute Gasteiger partial charge is 0.335 e. The number of fused-ring (bicyclic) bond motifs is 1. The molecule has 3 nitrogen and oxygen atoms in total. The van der Waals surface area contributed by atoms with Gasteiger partial charge in [0.25, 0.3) is 5.91 Å². The Morgan fingerprint density at radius 2 is 1.70 bits per heavy atom. The van der Waals surface area contributed by atoms with Crippen LogP contribution in [0.2, 0.25) is 0 Å². The van der Waals surface area contributed by atoms with Crippen LogP contribution in [0.5, 0.6) is 0 Å². The maximum atomic E-state index is 12.9. The minimum Gasteiger partial charge on any atom is -0.335 e. The molecule has 0 radical (unpaired) electrons. The molecule has 0 unspecified atom stereocenters. The van der Waals surface area contributed by atoms with Crippen molar-refractivity contribution in [1.29, 1.82) is 0 Å². The SMILES string of the molecule is O=C(c1ccc(F)cc1)N1CC(N2CCc3ccccc3C2)C1. The third kappa shape index (κ3) is 2.75. The minimum atomic E-state index is -0.310. The van der Waals surface area contributed by atoms with Crippen LogP contribution in [-0.2, 0) is 13.0 Å². The molecule has 23 heavy (non-hydrogen) atoms. The Morgan fingerprint density at radius 1 is 1.00 bits per heavy atom. The Labute approximate surface area is 135 Å². The van der Waals surface area contributed by atoms with Gasteiger partial charge in [0.2, 0.25) is 0 Å². The lowest BCUT2D eigenvalue weighted by atomic mass is 9.96. The van der Waals surface area contributed by atoms with Crippen molar-refractivity contribution in [2.75, 3.05) is 19.6 Å². The number of amides is 1. The molecular formula is C19H19FN2O. The molecule has 4 heteroatoms. The van der Waals surface area contributed by atoms with E-state index in [0.29, 0.717) is 11.6 Å². The van der Waals surface area contributed by atoms with E-state index in [9.17, 15) is 9.18 Å². The molecule has 118 valence electrons. The van der Waals surface area contributed by atoms with Gasteiger partial charge >= 0.3 is 0 Å². The Bertz CT molecular complexity index is 722. The second-order valence-electron chi connectivity index (χ2n) is 6.36. The molecule has 2 aliphatic heterocycles. The number of carbonyl (C=O) groups is 1. The summed E-state index contributed by atoms with van der Waals surface area (Å²) in [5.41, 5.74) is 3.42. The summed E-state index contributed by atoms with van der Waals surface area (Å²) >= 11 is 0. The topological polar surface area (TPSA) is 23.6 Å². The number of hydrogen-bond acceptors (Lipinski definition) is 2. The average molecular weight is 310 g/mol. The smallest absolute Gasteiger partial charge is 0.253 e. The molecule has 2 aromatic rings. The first-order valence-electron chi connectivity index (χ1n) is 8.06. The zero-order chi connectivity index (χ0) is 15.8. The molecule has 0 atom stereocenters. The highest BCUT2D eigenvalue weighted by molar-refractivity contribution is 5.94. The number of carbonyl (C=O) groups excluding carboxylic acids is 1. The number of rotatable bonds is 2. The van der Waals surface area contributed by atoms with E-state index in [2.05, 4.69) is 29.2 Å². The quantitative estimate of drug-likeness (QED) is 0.851.